The maximum Gasteiger partial charge on any atom is 0.323 e. The summed E-state index contributed by atoms with van der Waals surface area (Å²) in [5, 5.41) is 9.23. The summed E-state index contributed by atoms with van der Waals surface area (Å²) in [7, 11) is 0. The lowest BCUT2D eigenvalue weighted by Gasteiger charge is -2.18. The summed E-state index contributed by atoms with van der Waals surface area (Å²) < 4.78 is 0. The van der Waals surface area contributed by atoms with Crippen molar-refractivity contribution in [3.05, 3.63) is 33.8 Å². The minimum Gasteiger partial charge on any atom is -0.480 e. The summed E-state index contributed by atoms with van der Waals surface area (Å²) in [6.45, 7) is -0.611. The van der Waals surface area contributed by atoms with Crippen LogP contribution >= 0.6 is 23.2 Å². The summed E-state index contributed by atoms with van der Waals surface area (Å²) in [4.78, 5) is 23.7. The van der Waals surface area contributed by atoms with Gasteiger partial charge in [0.1, 0.15) is 6.54 Å². The average Bonchev–Trinajstić information content (AvgIpc) is 2.30. The molecule has 0 radical (unpaired) electrons. The Morgan fingerprint density at radius 1 is 1.39 bits per heavy atom. The molecule has 0 aliphatic heterocycles. The van der Waals surface area contributed by atoms with E-state index in [-0.39, 0.29) is 17.1 Å². The van der Waals surface area contributed by atoms with Gasteiger partial charge in [-0.05, 0) is 18.2 Å². The van der Waals surface area contributed by atoms with Crippen LogP contribution in [0, 0.1) is 12.3 Å². The molecule has 0 aromatic heterocycles. The third kappa shape index (κ3) is 3.66. The second-order valence-electron chi connectivity index (χ2n) is 3.38. The fourth-order valence-electron chi connectivity index (χ4n) is 1.30. The first-order valence-electron chi connectivity index (χ1n) is 4.85. The van der Waals surface area contributed by atoms with E-state index in [1.807, 2.05) is 0 Å². The van der Waals surface area contributed by atoms with E-state index < -0.39 is 18.4 Å². The van der Waals surface area contributed by atoms with Gasteiger partial charge in [-0.15, -0.1) is 6.42 Å². The van der Waals surface area contributed by atoms with E-state index in [2.05, 4.69) is 5.92 Å². The summed E-state index contributed by atoms with van der Waals surface area (Å²) in [5.74, 6) is 0.501. The van der Waals surface area contributed by atoms with Crippen LogP contribution in [0.5, 0.6) is 0 Å². The predicted molar refractivity (Wildman–Crippen MR) is 68.8 cm³/mol. The van der Waals surface area contributed by atoms with Crippen molar-refractivity contribution in [1.82, 2.24) is 4.90 Å². The van der Waals surface area contributed by atoms with Crippen LogP contribution in [-0.2, 0) is 4.79 Å². The van der Waals surface area contributed by atoms with E-state index in [0.717, 1.165) is 4.90 Å². The summed E-state index contributed by atoms with van der Waals surface area (Å²) in [6, 6.07) is 4.37. The van der Waals surface area contributed by atoms with E-state index >= 15 is 0 Å². The molecule has 1 rings (SSSR count). The van der Waals surface area contributed by atoms with Crippen molar-refractivity contribution in [3.63, 3.8) is 0 Å². The Morgan fingerprint density at radius 3 is 2.61 bits per heavy atom. The Labute approximate surface area is 114 Å². The second kappa shape index (κ2) is 6.29. The largest absolute Gasteiger partial charge is 0.480 e. The maximum absolute atomic E-state index is 12.1. The number of hydrogen-bond donors (Lipinski definition) is 1. The number of nitrogens with zero attached hydrogens (tertiary/aromatic N) is 1. The number of carboxylic acid groups (broad SMARTS) is 1. The highest BCUT2D eigenvalue weighted by atomic mass is 35.5. The molecule has 0 spiro atoms. The van der Waals surface area contributed by atoms with Gasteiger partial charge in [-0.2, -0.15) is 0 Å². The molecule has 94 valence electrons. The predicted octanol–water partition coefficient (Wildman–Crippen LogP) is 2.15. The minimum atomic E-state index is -1.16. The van der Waals surface area contributed by atoms with Gasteiger partial charge in [0.15, 0.2) is 0 Å². The zero-order valence-electron chi connectivity index (χ0n) is 9.19. The van der Waals surface area contributed by atoms with Crippen molar-refractivity contribution < 1.29 is 14.7 Å². The fourth-order valence-corrected chi connectivity index (χ4v) is 1.68. The number of benzene rings is 1. The smallest absolute Gasteiger partial charge is 0.323 e. The quantitative estimate of drug-likeness (QED) is 0.863. The first-order chi connectivity index (χ1) is 8.45. The molecule has 1 aromatic rings. The van der Waals surface area contributed by atoms with Crippen LogP contribution in [-0.4, -0.2) is 35.0 Å². The van der Waals surface area contributed by atoms with E-state index in [1.165, 1.54) is 18.2 Å². The van der Waals surface area contributed by atoms with Crippen LogP contribution in [0.15, 0.2) is 18.2 Å². The number of halogens is 2. The normalized spacial score (nSPS) is 9.61. The Morgan fingerprint density at radius 2 is 2.06 bits per heavy atom. The highest BCUT2D eigenvalue weighted by molar-refractivity contribution is 6.35. The summed E-state index contributed by atoms with van der Waals surface area (Å²) in [5.41, 5.74) is 0.126. The Kier molecular flexibility index (Phi) is 5.02. The average molecular weight is 286 g/mol. The molecule has 4 nitrogen and oxygen atoms in total. The van der Waals surface area contributed by atoms with Crippen molar-refractivity contribution in [3.8, 4) is 12.3 Å². The van der Waals surface area contributed by atoms with Gasteiger partial charge in [-0.1, -0.05) is 29.1 Å². The molecule has 0 saturated carbocycles. The van der Waals surface area contributed by atoms with E-state index in [4.69, 9.17) is 34.7 Å². The van der Waals surface area contributed by atoms with Crippen molar-refractivity contribution >= 4 is 35.1 Å². The van der Waals surface area contributed by atoms with Crippen molar-refractivity contribution in [1.29, 1.82) is 0 Å². The molecular weight excluding hydrogens is 277 g/mol. The van der Waals surface area contributed by atoms with Crippen LogP contribution < -0.4 is 0 Å². The molecular formula is C12H9Cl2NO3. The van der Waals surface area contributed by atoms with Gasteiger partial charge >= 0.3 is 5.97 Å². The molecule has 0 fully saturated rings. The highest BCUT2D eigenvalue weighted by Crippen LogP contribution is 2.22. The fraction of sp³-hybridized carbons (Fsp3) is 0.167. The molecule has 18 heavy (non-hydrogen) atoms. The molecule has 1 aromatic carbocycles. The monoisotopic (exact) mass is 285 g/mol. The summed E-state index contributed by atoms with van der Waals surface area (Å²) >= 11 is 11.6. The number of amides is 1. The van der Waals surface area contributed by atoms with Crippen molar-refractivity contribution in [2.24, 2.45) is 0 Å². The number of hydrogen-bond acceptors (Lipinski definition) is 2. The molecule has 0 aliphatic carbocycles. The van der Waals surface area contributed by atoms with E-state index in [0.29, 0.717) is 5.02 Å². The molecule has 6 heteroatoms. The number of carboxylic acids is 1. The molecule has 0 heterocycles. The molecule has 0 saturated heterocycles. The number of rotatable bonds is 4. The van der Waals surface area contributed by atoms with E-state index in [9.17, 15) is 9.59 Å². The number of aliphatic carboxylic acids is 1. The van der Waals surface area contributed by atoms with Gasteiger partial charge in [-0.3, -0.25) is 9.59 Å². The standard InChI is InChI=1S/C12H9Cl2NO3/c1-2-5-15(7-11(16)17)12(18)9-6-8(13)3-4-10(9)14/h1,3-4,6H,5,7H2,(H,16,17). The molecule has 1 amide bonds. The van der Waals surface area contributed by atoms with Crippen LogP contribution in [0.25, 0.3) is 0 Å². The van der Waals surface area contributed by atoms with Gasteiger partial charge in [0.25, 0.3) is 5.91 Å². The minimum absolute atomic E-state index is 0.117. The number of terminal acetylenes is 1. The van der Waals surface area contributed by atoms with Crippen LogP contribution in [0.1, 0.15) is 10.4 Å². The lowest BCUT2D eigenvalue weighted by Crippen LogP contribution is -2.36. The molecule has 0 bridgehead atoms. The molecule has 0 atom stereocenters. The molecule has 1 N–H and O–H groups in total. The maximum atomic E-state index is 12.1. The Hall–Kier alpha value is -1.70. The first-order valence-corrected chi connectivity index (χ1v) is 5.61. The van der Waals surface area contributed by atoms with Crippen molar-refractivity contribution in [2.75, 3.05) is 13.1 Å². The Bertz CT molecular complexity index is 523. The van der Waals surface area contributed by atoms with Gasteiger partial charge in [-0.25, -0.2) is 0 Å². The third-order valence-electron chi connectivity index (χ3n) is 2.05. The topological polar surface area (TPSA) is 57.6 Å². The molecule has 0 aliphatic rings. The number of carbonyl (C=O) groups excluding carboxylic acids is 1. The first kappa shape index (κ1) is 14.4. The zero-order valence-corrected chi connectivity index (χ0v) is 10.7. The zero-order chi connectivity index (χ0) is 13.7. The summed E-state index contributed by atoms with van der Waals surface area (Å²) in [6.07, 6.45) is 5.09. The Balaban J connectivity index is 3.05. The van der Waals surface area contributed by atoms with Crippen LogP contribution in [0.3, 0.4) is 0 Å². The van der Waals surface area contributed by atoms with Gasteiger partial charge in [0.05, 0.1) is 17.1 Å². The molecule has 0 unspecified atom stereocenters. The van der Waals surface area contributed by atoms with Gasteiger partial charge in [0, 0.05) is 5.02 Å². The SMILES string of the molecule is C#CCN(CC(=O)O)C(=O)c1cc(Cl)ccc1Cl. The van der Waals surface area contributed by atoms with Gasteiger partial charge in [0.2, 0.25) is 0 Å². The van der Waals surface area contributed by atoms with E-state index in [1.54, 1.807) is 0 Å². The highest BCUT2D eigenvalue weighted by Gasteiger charge is 2.20. The van der Waals surface area contributed by atoms with Gasteiger partial charge < -0.3 is 10.0 Å². The van der Waals surface area contributed by atoms with Crippen molar-refractivity contribution in [2.45, 2.75) is 0 Å². The lowest BCUT2D eigenvalue weighted by molar-refractivity contribution is -0.137. The third-order valence-corrected chi connectivity index (χ3v) is 2.62. The number of carbonyl (C=O) groups is 2. The lowest BCUT2D eigenvalue weighted by atomic mass is 10.2. The van der Waals surface area contributed by atoms with Crippen LogP contribution in [0.4, 0.5) is 0 Å². The second-order valence-corrected chi connectivity index (χ2v) is 4.23. The van der Waals surface area contributed by atoms with Crippen LogP contribution in [0.2, 0.25) is 10.0 Å².